The van der Waals surface area contributed by atoms with E-state index in [1.165, 1.54) is 0 Å². The summed E-state index contributed by atoms with van der Waals surface area (Å²) in [6.07, 6.45) is 0. The molecule has 0 aliphatic carbocycles. The maximum atomic E-state index is 9.63. The van der Waals surface area contributed by atoms with Crippen molar-refractivity contribution in [3.8, 4) is 45.7 Å². The largest absolute Gasteiger partial charge is 0.494 e. The molecule has 0 aliphatic rings. The standard InChI is InChI=1S/C26H21N3O2/c1-2-30-20-12-8-18(9-13-20)23-16-25(29-26(28)24(23)17-27)19-10-14-22(15-11-19)31-21-6-4-3-5-7-21/h3-16H,2H2,1H3,(H2,28,29). The van der Waals surface area contributed by atoms with Gasteiger partial charge >= 0.3 is 0 Å². The molecule has 0 spiro atoms. The lowest BCUT2D eigenvalue weighted by Crippen LogP contribution is -2.00. The van der Waals surface area contributed by atoms with Crippen molar-refractivity contribution >= 4 is 5.82 Å². The minimum Gasteiger partial charge on any atom is -0.494 e. The highest BCUT2D eigenvalue weighted by Gasteiger charge is 2.14. The molecular weight excluding hydrogens is 386 g/mol. The van der Waals surface area contributed by atoms with Crippen LogP contribution in [0.25, 0.3) is 22.4 Å². The lowest BCUT2D eigenvalue weighted by atomic mass is 9.98. The summed E-state index contributed by atoms with van der Waals surface area (Å²) < 4.78 is 11.4. The van der Waals surface area contributed by atoms with Gasteiger partial charge in [0.15, 0.2) is 0 Å². The van der Waals surface area contributed by atoms with Crippen molar-refractivity contribution in [2.45, 2.75) is 6.92 Å². The van der Waals surface area contributed by atoms with Gasteiger partial charge in [0.25, 0.3) is 0 Å². The molecule has 0 radical (unpaired) electrons. The maximum absolute atomic E-state index is 9.63. The van der Waals surface area contributed by atoms with Crippen LogP contribution >= 0.6 is 0 Å². The summed E-state index contributed by atoms with van der Waals surface area (Å²) in [5.74, 6) is 2.48. The van der Waals surface area contributed by atoms with Gasteiger partial charge in [-0.25, -0.2) is 4.98 Å². The Balaban J connectivity index is 1.67. The highest BCUT2D eigenvalue weighted by molar-refractivity contribution is 5.80. The fraction of sp³-hybridized carbons (Fsp3) is 0.0769. The number of hydrogen-bond donors (Lipinski definition) is 1. The first kappa shape index (κ1) is 20.0. The molecule has 152 valence electrons. The second-order valence-corrected chi connectivity index (χ2v) is 6.82. The average molecular weight is 407 g/mol. The first-order valence-corrected chi connectivity index (χ1v) is 9.95. The highest BCUT2D eigenvalue weighted by atomic mass is 16.5. The fourth-order valence-electron chi connectivity index (χ4n) is 3.27. The highest BCUT2D eigenvalue weighted by Crippen LogP contribution is 2.33. The Kier molecular flexibility index (Phi) is 5.82. The predicted octanol–water partition coefficient (Wildman–Crippen LogP) is 6.06. The van der Waals surface area contributed by atoms with Gasteiger partial charge in [0.05, 0.1) is 12.3 Å². The third-order valence-electron chi connectivity index (χ3n) is 4.76. The van der Waals surface area contributed by atoms with E-state index in [-0.39, 0.29) is 5.82 Å². The lowest BCUT2D eigenvalue weighted by Gasteiger charge is -2.12. The van der Waals surface area contributed by atoms with E-state index in [9.17, 15) is 5.26 Å². The van der Waals surface area contributed by atoms with Crippen molar-refractivity contribution in [3.63, 3.8) is 0 Å². The van der Waals surface area contributed by atoms with Gasteiger partial charge in [-0.1, -0.05) is 30.3 Å². The Hall–Kier alpha value is -4.30. The van der Waals surface area contributed by atoms with Gasteiger partial charge in [-0.05, 0) is 67.1 Å². The van der Waals surface area contributed by atoms with Crippen LogP contribution in [-0.2, 0) is 0 Å². The van der Waals surface area contributed by atoms with E-state index in [1.54, 1.807) is 0 Å². The zero-order chi connectivity index (χ0) is 21.6. The van der Waals surface area contributed by atoms with Crippen molar-refractivity contribution in [1.29, 1.82) is 5.26 Å². The van der Waals surface area contributed by atoms with Crippen LogP contribution in [0.2, 0.25) is 0 Å². The van der Waals surface area contributed by atoms with E-state index in [2.05, 4.69) is 11.1 Å². The molecule has 0 fully saturated rings. The average Bonchev–Trinajstić information content (AvgIpc) is 2.80. The quantitative estimate of drug-likeness (QED) is 0.420. The molecule has 0 saturated heterocycles. The number of nitrogens with zero attached hydrogens (tertiary/aromatic N) is 2. The van der Waals surface area contributed by atoms with Gasteiger partial charge < -0.3 is 15.2 Å². The molecule has 2 N–H and O–H groups in total. The van der Waals surface area contributed by atoms with Crippen LogP contribution in [0.1, 0.15) is 12.5 Å². The van der Waals surface area contributed by atoms with Crippen LogP contribution < -0.4 is 15.2 Å². The summed E-state index contributed by atoms with van der Waals surface area (Å²) in [6, 6.07) is 28.9. The Labute approximate surface area is 181 Å². The van der Waals surface area contributed by atoms with Crippen molar-refractivity contribution in [3.05, 3.63) is 90.5 Å². The normalized spacial score (nSPS) is 10.3. The van der Waals surface area contributed by atoms with Crippen molar-refractivity contribution in [1.82, 2.24) is 4.98 Å². The fourth-order valence-corrected chi connectivity index (χ4v) is 3.27. The first-order valence-electron chi connectivity index (χ1n) is 9.95. The Morgan fingerprint density at radius 3 is 2.10 bits per heavy atom. The Bertz CT molecular complexity index is 1210. The van der Waals surface area contributed by atoms with E-state index in [1.807, 2.05) is 91.9 Å². The number of aromatic nitrogens is 1. The number of pyridine rings is 1. The number of para-hydroxylation sites is 1. The summed E-state index contributed by atoms with van der Waals surface area (Å²) >= 11 is 0. The molecule has 0 unspecified atom stereocenters. The van der Waals surface area contributed by atoms with Crippen LogP contribution in [0, 0.1) is 11.3 Å². The lowest BCUT2D eigenvalue weighted by molar-refractivity contribution is 0.340. The Morgan fingerprint density at radius 1 is 0.839 bits per heavy atom. The number of anilines is 1. The Morgan fingerprint density at radius 2 is 1.45 bits per heavy atom. The smallest absolute Gasteiger partial charge is 0.142 e. The van der Waals surface area contributed by atoms with Crippen molar-refractivity contribution in [2.24, 2.45) is 0 Å². The summed E-state index contributed by atoms with van der Waals surface area (Å²) in [7, 11) is 0. The molecule has 5 heteroatoms. The van der Waals surface area contributed by atoms with E-state index in [0.29, 0.717) is 17.9 Å². The number of benzene rings is 3. The van der Waals surface area contributed by atoms with E-state index >= 15 is 0 Å². The zero-order valence-corrected chi connectivity index (χ0v) is 17.1. The molecule has 0 saturated carbocycles. The molecular formula is C26H21N3O2. The number of ether oxygens (including phenoxy) is 2. The van der Waals surface area contributed by atoms with Crippen molar-refractivity contribution in [2.75, 3.05) is 12.3 Å². The predicted molar refractivity (Wildman–Crippen MR) is 122 cm³/mol. The first-order chi connectivity index (χ1) is 15.2. The molecule has 0 amide bonds. The molecule has 1 heterocycles. The van der Waals surface area contributed by atoms with Crippen LogP contribution in [0.3, 0.4) is 0 Å². The van der Waals surface area contributed by atoms with Crippen molar-refractivity contribution < 1.29 is 9.47 Å². The van der Waals surface area contributed by atoms with E-state index in [0.717, 1.165) is 33.9 Å². The second kappa shape index (κ2) is 9.02. The van der Waals surface area contributed by atoms with E-state index in [4.69, 9.17) is 15.2 Å². The van der Waals surface area contributed by atoms with Gasteiger partial charge in [0, 0.05) is 11.1 Å². The zero-order valence-electron chi connectivity index (χ0n) is 17.1. The monoisotopic (exact) mass is 407 g/mol. The summed E-state index contributed by atoms with van der Waals surface area (Å²) in [5, 5.41) is 9.63. The van der Waals surface area contributed by atoms with E-state index < -0.39 is 0 Å². The van der Waals surface area contributed by atoms with Gasteiger partial charge in [-0.15, -0.1) is 0 Å². The van der Waals surface area contributed by atoms with Crippen LogP contribution in [0.5, 0.6) is 17.2 Å². The summed E-state index contributed by atoms with van der Waals surface area (Å²) in [4.78, 5) is 4.45. The topological polar surface area (TPSA) is 81.2 Å². The maximum Gasteiger partial charge on any atom is 0.142 e. The molecule has 0 atom stereocenters. The van der Waals surface area contributed by atoms with Gasteiger partial charge in [0.2, 0.25) is 0 Å². The molecule has 5 nitrogen and oxygen atoms in total. The van der Waals surface area contributed by atoms with Gasteiger partial charge in [-0.3, -0.25) is 0 Å². The molecule has 0 bridgehead atoms. The van der Waals surface area contributed by atoms with Crippen LogP contribution in [-0.4, -0.2) is 11.6 Å². The SMILES string of the molecule is CCOc1ccc(-c2cc(-c3ccc(Oc4ccccc4)cc3)nc(N)c2C#N)cc1. The van der Waals surface area contributed by atoms with Crippen LogP contribution in [0.4, 0.5) is 5.82 Å². The molecule has 4 aromatic rings. The number of rotatable bonds is 6. The molecule has 0 aliphatic heterocycles. The summed E-state index contributed by atoms with van der Waals surface area (Å²) in [6.45, 7) is 2.53. The minimum absolute atomic E-state index is 0.202. The number of nitriles is 1. The third kappa shape index (κ3) is 4.49. The molecule has 1 aromatic heterocycles. The molecule has 4 rings (SSSR count). The third-order valence-corrected chi connectivity index (χ3v) is 4.76. The molecule has 3 aromatic carbocycles. The minimum atomic E-state index is 0.202. The van der Waals surface area contributed by atoms with Gasteiger partial charge in [-0.2, -0.15) is 5.26 Å². The van der Waals surface area contributed by atoms with Crippen LogP contribution in [0.15, 0.2) is 84.9 Å². The number of nitrogen functional groups attached to an aromatic ring is 1. The molecule has 31 heavy (non-hydrogen) atoms. The number of nitrogens with two attached hydrogens (primary N) is 1. The van der Waals surface area contributed by atoms with Gasteiger partial charge in [0.1, 0.15) is 34.7 Å². The number of hydrogen-bond acceptors (Lipinski definition) is 5. The second-order valence-electron chi connectivity index (χ2n) is 6.82. The summed E-state index contributed by atoms with van der Waals surface area (Å²) in [5.41, 5.74) is 9.67.